The molecule has 36 heavy (non-hydrogen) atoms. The number of methoxy groups -OCH3 is 2. The molecule has 0 atom stereocenters. The normalized spacial score (nSPS) is 9.72. The Labute approximate surface area is 213 Å². The van der Waals surface area contributed by atoms with Crippen LogP contribution in [0.2, 0.25) is 0 Å². The number of esters is 2. The summed E-state index contributed by atoms with van der Waals surface area (Å²) >= 11 is 5.80. The molecule has 0 aromatic heterocycles. The Balaban J connectivity index is 0.000000360. The fraction of sp³-hybridized carbons (Fsp3) is 0.333. The number of ether oxygens (including phenoxy) is 4. The second-order valence-corrected chi connectivity index (χ2v) is 7.32. The minimum Gasteiger partial charge on any atom is -0.466 e. The minimum absolute atomic E-state index is 0.195. The number of hydrogen-bond donors (Lipinski definition) is 3. The molecule has 2 aromatic rings. The van der Waals surface area contributed by atoms with Crippen molar-refractivity contribution in [1.29, 1.82) is 0 Å². The van der Waals surface area contributed by atoms with Crippen molar-refractivity contribution in [3.63, 3.8) is 0 Å². The zero-order valence-electron chi connectivity index (χ0n) is 20.4. The minimum atomic E-state index is -0.777. The van der Waals surface area contributed by atoms with E-state index < -0.39 is 37.3 Å². The van der Waals surface area contributed by atoms with Crippen LogP contribution in [0.15, 0.2) is 36.4 Å². The number of hydrogen-bond acceptors (Lipinski definition) is 9. The van der Waals surface area contributed by atoms with E-state index in [1.54, 1.807) is 24.3 Å². The van der Waals surface area contributed by atoms with Gasteiger partial charge in [0, 0.05) is 22.8 Å². The van der Waals surface area contributed by atoms with E-state index in [9.17, 15) is 24.3 Å². The van der Waals surface area contributed by atoms with Gasteiger partial charge >= 0.3 is 24.1 Å². The molecule has 0 aliphatic carbocycles. The van der Waals surface area contributed by atoms with Gasteiger partial charge in [0.15, 0.2) is 13.2 Å². The Morgan fingerprint density at radius 2 is 1.19 bits per heavy atom. The molecule has 2 amide bonds. The Hall–Kier alpha value is -3.83. The van der Waals surface area contributed by atoms with E-state index in [-0.39, 0.29) is 12.5 Å². The molecule has 0 aliphatic rings. The first-order chi connectivity index (χ1) is 17.2. The summed E-state index contributed by atoms with van der Waals surface area (Å²) in [6, 6.07) is 10.6. The number of benzene rings is 2. The fourth-order valence-electron chi connectivity index (χ4n) is 2.68. The molecule has 2 aromatic carbocycles. The van der Waals surface area contributed by atoms with Gasteiger partial charge in [-0.15, -0.1) is 11.6 Å². The Morgan fingerprint density at radius 3 is 1.58 bits per heavy atom. The van der Waals surface area contributed by atoms with Crippen LogP contribution in [0.1, 0.15) is 22.3 Å². The van der Waals surface area contributed by atoms with Gasteiger partial charge in [-0.3, -0.25) is 10.6 Å². The van der Waals surface area contributed by atoms with Crippen LogP contribution in [0.3, 0.4) is 0 Å². The van der Waals surface area contributed by atoms with E-state index in [4.69, 9.17) is 11.6 Å². The predicted octanol–water partition coefficient (Wildman–Crippen LogP) is 3.66. The van der Waals surface area contributed by atoms with Crippen molar-refractivity contribution in [3.8, 4) is 0 Å². The van der Waals surface area contributed by atoms with Gasteiger partial charge in [-0.25, -0.2) is 19.2 Å². The molecule has 0 fully saturated rings. The molecule has 0 spiro atoms. The summed E-state index contributed by atoms with van der Waals surface area (Å²) < 4.78 is 18.0. The number of aryl methyl sites for hydroxylation is 2. The van der Waals surface area contributed by atoms with E-state index in [0.29, 0.717) is 16.9 Å². The summed E-state index contributed by atoms with van der Waals surface area (Å²) in [6.07, 6.45) is -1.50. The Morgan fingerprint density at radius 1 is 0.778 bits per heavy atom. The topological polar surface area (TPSA) is 149 Å². The van der Waals surface area contributed by atoms with Crippen molar-refractivity contribution in [1.82, 2.24) is 0 Å². The lowest BCUT2D eigenvalue weighted by Crippen LogP contribution is -2.20. The molecular weight excluding hydrogens is 496 g/mol. The third kappa shape index (κ3) is 10.2. The smallest absolute Gasteiger partial charge is 0.412 e. The zero-order valence-corrected chi connectivity index (χ0v) is 21.1. The summed E-state index contributed by atoms with van der Waals surface area (Å²) in [5.74, 6) is -0.983. The van der Waals surface area contributed by atoms with Crippen molar-refractivity contribution >= 4 is 47.1 Å². The molecule has 12 heteroatoms. The number of amides is 2. The number of carbonyl (C=O) groups excluding carboxylic acids is 4. The number of aliphatic hydroxyl groups is 1. The van der Waals surface area contributed by atoms with Crippen molar-refractivity contribution in [3.05, 3.63) is 58.7 Å². The summed E-state index contributed by atoms with van der Waals surface area (Å²) in [6.45, 7) is 2.63. The molecule has 0 unspecified atom stereocenters. The van der Waals surface area contributed by atoms with Crippen LogP contribution in [-0.2, 0) is 41.0 Å². The first-order valence-corrected chi connectivity index (χ1v) is 11.0. The lowest BCUT2D eigenvalue weighted by atomic mass is 10.1. The average Bonchev–Trinajstić information content (AvgIpc) is 2.86. The molecule has 0 saturated carbocycles. The third-order valence-corrected chi connectivity index (χ3v) is 4.95. The number of nitrogens with one attached hydrogen (secondary N) is 2. The molecule has 2 rings (SSSR count). The van der Waals surface area contributed by atoms with Crippen molar-refractivity contribution < 1.29 is 43.2 Å². The van der Waals surface area contributed by atoms with E-state index in [2.05, 4.69) is 29.6 Å². The van der Waals surface area contributed by atoms with Crippen LogP contribution in [-0.4, -0.2) is 56.7 Å². The summed E-state index contributed by atoms with van der Waals surface area (Å²) in [5.41, 5.74) is 4.26. The van der Waals surface area contributed by atoms with Crippen LogP contribution < -0.4 is 10.6 Å². The molecule has 0 radical (unpaired) electrons. The fourth-order valence-corrected chi connectivity index (χ4v) is 3.04. The highest BCUT2D eigenvalue weighted by atomic mass is 35.5. The molecule has 0 bridgehead atoms. The van der Waals surface area contributed by atoms with Gasteiger partial charge in [0.25, 0.3) is 0 Å². The van der Waals surface area contributed by atoms with Crippen molar-refractivity contribution in [2.24, 2.45) is 0 Å². The number of aliphatic hydroxyl groups excluding tert-OH is 1. The number of carbonyl (C=O) groups is 4. The van der Waals surface area contributed by atoms with Crippen LogP contribution in [0.5, 0.6) is 0 Å². The zero-order chi connectivity index (χ0) is 27.1. The standard InChI is InChI=1S/C12H14ClNO4.C12H15NO5/c1-8-4-3-5-10(9(8)6-13)14-12(16)18-7-11(15)17-2;1-8-4-3-5-10(9(8)6-14)13-12(16)18-7-11(15)17-2/h3-5H,6-7H2,1-2H3,(H,14,16);3-5,14H,6-7H2,1-2H3,(H,13,16). The first-order valence-electron chi connectivity index (χ1n) is 10.5. The van der Waals surface area contributed by atoms with Gasteiger partial charge in [0.05, 0.1) is 20.8 Å². The van der Waals surface area contributed by atoms with Crippen molar-refractivity contribution in [2.75, 3.05) is 38.1 Å². The van der Waals surface area contributed by atoms with Crippen LogP contribution in [0.4, 0.5) is 21.0 Å². The second kappa shape index (κ2) is 16.0. The lowest BCUT2D eigenvalue weighted by Gasteiger charge is -2.11. The SMILES string of the molecule is COC(=O)COC(=O)Nc1cccc(C)c1CCl.COC(=O)COC(=O)Nc1cccc(C)c1CO. The van der Waals surface area contributed by atoms with Crippen molar-refractivity contribution in [2.45, 2.75) is 26.3 Å². The highest BCUT2D eigenvalue weighted by Crippen LogP contribution is 2.22. The molecule has 0 aliphatic heterocycles. The molecule has 3 N–H and O–H groups in total. The largest absolute Gasteiger partial charge is 0.466 e. The van der Waals surface area contributed by atoms with Gasteiger partial charge in [-0.1, -0.05) is 24.3 Å². The van der Waals surface area contributed by atoms with E-state index in [1.807, 2.05) is 26.0 Å². The van der Waals surface area contributed by atoms with Gasteiger partial charge in [0.2, 0.25) is 0 Å². The number of rotatable bonds is 8. The lowest BCUT2D eigenvalue weighted by molar-refractivity contribution is -0.144. The maximum Gasteiger partial charge on any atom is 0.412 e. The highest BCUT2D eigenvalue weighted by molar-refractivity contribution is 6.17. The maximum absolute atomic E-state index is 11.4. The number of halogens is 1. The summed E-state index contributed by atoms with van der Waals surface area (Å²) in [7, 11) is 2.42. The average molecular weight is 525 g/mol. The van der Waals surface area contributed by atoms with Crippen LogP contribution in [0, 0.1) is 13.8 Å². The van der Waals surface area contributed by atoms with Gasteiger partial charge < -0.3 is 24.1 Å². The molecule has 196 valence electrons. The van der Waals surface area contributed by atoms with Crippen LogP contribution >= 0.6 is 11.6 Å². The third-order valence-electron chi connectivity index (χ3n) is 4.68. The molecule has 0 saturated heterocycles. The summed E-state index contributed by atoms with van der Waals surface area (Å²) in [4.78, 5) is 44.4. The maximum atomic E-state index is 11.4. The number of anilines is 2. The molecule has 11 nitrogen and oxygen atoms in total. The van der Waals surface area contributed by atoms with Gasteiger partial charge in [-0.05, 0) is 42.7 Å². The van der Waals surface area contributed by atoms with E-state index in [1.165, 1.54) is 14.2 Å². The molecule has 0 heterocycles. The Bertz CT molecular complexity index is 976. The monoisotopic (exact) mass is 524 g/mol. The van der Waals surface area contributed by atoms with E-state index in [0.717, 1.165) is 16.7 Å². The second-order valence-electron chi connectivity index (χ2n) is 7.05. The van der Waals surface area contributed by atoms with Gasteiger partial charge in [0.1, 0.15) is 0 Å². The van der Waals surface area contributed by atoms with E-state index >= 15 is 0 Å². The predicted molar refractivity (Wildman–Crippen MR) is 132 cm³/mol. The summed E-state index contributed by atoms with van der Waals surface area (Å²) in [5, 5.41) is 14.2. The number of alkyl halides is 1. The highest BCUT2D eigenvalue weighted by Gasteiger charge is 2.12. The molecular formula is C24H29ClN2O9. The van der Waals surface area contributed by atoms with Crippen LogP contribution in [0.25, 0.3) is 0 Å². The van der Waals surface area contributed by atoms with Gasteiger partial charge in [-0.2, -0.15) is 0 Å². The quantitative estimate of drug-likeness (QED) is 0.267. The first kappa shape index (κ1) is 30.2. The Kier molecular flexibility index (Phi) is 13.4.